The topological polar surface area (TPSA) is 44.8 Å². The SMILES string of the molecule is CCCCCc1cc(OC)c([C@@H]2C=C(C)CCC2)c(OC)c1C(=O)OC. The second kappa shape index (κ2) is 9.65. The first kappa shape index (κ1) is 20.3. The molecule has 4 nitrogen and oxygen atoms in total. The van der Waals surface area contributed by atoms with Gasteiger partial charge in [0.15, 0.2) is 0 Å². The van der Waals surface area contributed by atoms with Crippen molar-refractivity contribution in [2.75, 3.05) is 21.3 Å². The fourth-order valence-electron chi connectivity index (χ4n) is 3.86. The van der Waals surface area contributed by atoms with Gasteiger partial charge in [0.25, 0.3) is 0 Å². The molecule has 1 aliphatic rings. The summed E-state index contributed by atoms with van der Waals surface area (Å²) < 4.78 is 16.6. The number of hydrogen-bond acceptors (Lipinski definition) is 4. The van der Waals surface area contributed by atoms with Crippen LogP contribution >= 0.6 is 0 Å². The first-order chi connectivity index (χ1) is 12.6. The molecule has 4 heteroatoms. The Balaban J connectivity index is 2.63. The molecular formula is C22H32O4. The number of rotatable bonds is 8. The zero-order chi connectivity index (χ0) is 19.1. The van der Waals surface area contributed by atoms with Gasteiger partial charge in [-0.1, -0.05) is 31.4 Å². The van der Waals surface area contributed by atoms with E-state index in [4.69, 9.17) is 14.2 Å². The van der Waals surface area contributed by atoms with Gasteiger partial charge in [-0.2, -0.15) is 0 Å². The first-order valence-corrected chi connectivity index (χ1v) is 9.60. The predicted octanol–water partition coefficient (Wildman–Crippen LogP) is 5.44. The monoisotopic (exact) mass is 360 g/mol. The van der Waals surface area contributed by atoms with E-state index in [0.29, 0.717) is 11.3 Å². The molecular weight excluding hydrogens is 328 g/mol. The quantitative estimate of drug-likeness (QED) is 0.352. The van der Waals surface area contributed by atoms with Crippen molar-refractivity contribution in [1.82, 2.24) is 0 Å². The van der Waals surface area contributed by atoms with Gasteiger partial charge < -0.3 is 14.2 Å². The van der Waals surface area contributed by atoms with Gasteiger partial charge in [-0.05, 0) is 50.7 Å². The molecule has 144 valence electrons. The smallest absolute Gasteiger partial charge is 0.341 e. The summed E-state index contributed by atoms with van der Waals surface area (Å²) in [6, 6.07) is 2.01. The number of carbonyl (C=O) groups is 1. The Bertz CT molecular complexity index is 661. The van der Waals surface area contributed by atoms with Crippen LogP contribution in [0.1, 0.15) is 79.8 Å². The summed E-state index contributed by atoms with van der Waals surface area (Å²) in [6.45, 7) is 4.33. The Morgan fingerprint density at radius 3 is 2.54 bits per heavy atom. The number of carbonyl (C=O) groups excluding carboxylic acids is 1. The Morgan fingerprint density at radius 2 is 1.96 bits per heavy atom. The zero-order valence-electron chi connectivity index (χ0n) is 16.8. The van der Waals surface area contributed by atoms with Crippen LogP contribution in [0.5, 0.6) is 11.5 Å². The Labute approximate surface area is 157 Å². The molecule has 1 aliphatic carbocycles. The molecule has 0 spiro atoms. The van der Waals surface area contributed by atoms with Crippen molar-refractivity contribution in [1.29, 1.82) is 0 Å². The predicted molar refractivity (Wildman–Crippen MR) is 104 cm³/mol. The van der Waals surface area contributed by atoms with E-state index < -0.39 is 0 Å². The molecule has 1 aromatic rings. The van der Waals surface area contributed by atoms with Gasteiger partial charge in [-0.15, -0.1) is 0 Å². The van der Waals surface area contributed by atoms with Crippen molar-refractivity contribution in [3.63, 3.8) is 0 Å². The van der Waals surface area contributed by atoms with Crippen LogP contribution in [0.15, 0.2) is 17.7 Å². The zero-order valence-corrected chi connectivity index (χ0v) is 16.8. The van der Waals surface area contributed by atoms with Gasteiger partial charge in [0.1, 0.15) is 17.1 Å². The van der Waals surface area contributed by atoms with Crippen LogP contribution in [-0.4, -0.2) is 27.3 Å². The van der Waals surface area contributed by atoms with Crippen LogP contribution in [0.3, 0.4) is 0 Å². The summed E-state index contributed by atoms with van der Waals surface area (Å²) in [4.78, 5) is 12.6. The Kier molecular flexibility index (Phi) is 7.55. The van der Waals surface area contributed by atoms with E-state index >= 15 is 0 Å². The number of methoxy groups -OCH3 is 3. The number of unbranched alkanes of at least 4 members (excludes halogenated alkanes) is 2. The third-order valence-corrected chi connectivity index (χ3v) is 5.17. The third-order valence-electron chi connectivity index (χ3n) is 5.17. The molecule has 0 aromatic heterocycles. The molecule has 0 radical (unpaired) electrons. The largest absolute Gasteiger partial charge is 0.496 e. The van der Waals surface area contributed by atoms with E-state index in [9.17, 15) is 4.79 Å². The standard InChI is InChI=1S/C22H32O4/c1-6-7-8-11-17-14-18(24-3)19(16-12-9-10-15(2)13-16)21(25-4)20(17)22(23)26-5/h13-14,16H,6-12H2,1-5H3/t16-/m0/s1. The molecule has 0 bridgehead atoms. The number of benzene rings is 1. The highest BCUT2D eigenvalue weighted by Gasteiger charge is 2.29. The highest BCUT2D eigenvalue weighted by molar-refractivity contribution is 5.95. The Morgan fingerprint density at radius 1 is 1.19 bits per heavy atom. The van der Waals surface area contributed by atoms with Crippen molar-refractivity contribution in [3.05, 3.63) is 34.4 Å². The summed E-state index contributed by atoms with van der Waals surface area (Å²) in [7, 11) is 4.73. The normalized spacial score (nSPS) is 16.8. The van der Waals surface area contributed by atoms with Crippen LogP contribution < -0.4 is 9.47 Å². The van der Waals surface area contributed by atoms with E-state index in [1.807, 2.05) is 6.07 Å². The van der Waals surface area contributed by atoms with E-state index in [1.165, 1.54) is 12.7 Å². The highest BCUT2D eigenvalue weighted by atomic mass is 16.5. The van der Waals surface area contributed by atoms with Crippen LogP contribution in [0.2, 0.25) is 0 Å². The minimum atomic E-state index is -0.339. The van der Waals surface area contributed by atoms with Gasteiger partial charge >= 0.3 is 5.97 Å². The second-order valence-electron chi connectivity index (χ2n) is 7.02. The van der Waals surface area contributed by atoms with Crippen LogP contribution in [0.25, 0.3) is 0 Å². The Hall–Kier alpha value is -1.97. The molecule has 0 saturated heterocycles. The van der Waals surface area contributed by atoms with Crippen molar-refractivity contribution in [2.24, 2.45) is 0 Å². The second-order valence-corrected chi connectivity index (χ2v) is 7.02. The van der Waals surface area contributed by atoms with Crippen molar-refractivity contribution < 1.29 is 19.0 Å². The lowest BCUT2D eigenvalue weighted by atomic mass is 9.83. The number of esters is 1. The van der Waals surface area contributed by atoms with Crippen LogP contribution in [0.4, 0.5) is 0 Å². The molecule has 26 heavy (non-hydrogen) atoms. The molecule has 0 unspecified atom stereocenters. The molecule has 0 saturated carbocycles. The molecule has 1 aromatic carbocycles. The minimum Gasteiger partial charge on any atom is -0.496 e. The van der Waals surface area contributed by atoms with E-state index in [1.54, 1.807) is 14.2 Å². The molecule has 0 heterocycles. The fourth-order valence-corrected chi connectivity index (χ4v) is 3.86. The van der Waals surface area contributed by atoms with Gasteiger partial charge in [0.2, 0.25) is 0 Å². The van der Waals surface area contributed by atoms with Crippen molar-refractivity contribution >= 4 is 5.97 Å². The summed E-state index contributed by atoms with van der Waals surface area (Å²) in [5.74, 6) is 1.27. The maximum atomic E-state index is 12.6. The molecule has 0 N–H and O–H groups in total. The summed E-state index contributed by atoms with van der Waals surface area (Å²) in [6.07, 6.45) is 9.65. The third kappa shape index (κ3) is 4.40. The maximum Gasteiger partial charge on any atom is 0.341 e. The molecule has 0 fully saturated rings. The lowest BCUT2D eigenvalue weighted by Gasteiger charge is -2.26. The lowest BCUT2D eigenvalue weighted by Crippen LogP contribution is -2.14. The van der Waals surface area contributed by atoms with Gasteiger partial charge in [-0.3, -0.25) is 0 Å². The maximum absolute atomic E-state index is 12.6. The fraction of sp³-hybridized carbons (Fsp3) is 0.591. The molecule has 0 aliphatic heterocycles. The average molecular weight is 360 g/mol. The number of aryl methyl sites for hydroxylation is 1. The van der Waals surface area contributed by atoms with E-state index in [0.717, 1.165) is 61.8 Å². The summed E-state index contributed by atoms with van der Waals surface area (Å²) in [5.41, 5.74) is 3.84. The molecule has 0 amide bonds. The summed E-state index contributed by atoms with van der Waals surface area (Å²) in [5, 5.41) is 0. The minimum absolute atomic E-state index is 0.196. The average Bonchev–Trinajstić information content (AvgIpc) is 2.66. The molecule has 1 atom stereocenters. The number of hydrogen-bond donors (Lipinski definition) is 0. The van der Waals surface area contributed by atoms with Gasteiger partial charge in [0, 0.05) is 11.5 Å². The van der Waals surface area contributed by atoms with Crippen LogP contribution in [-0.2, 0) is 11.2 Å². The molecule has 2 rings (SSSR count). The van der Waals surface area contributed by atoms with Gasteiger partial charge in [-0.25, -0.2) is 4.79 Å². The van der Waals surface area contributed by atoms with Crippen LogP contribution in [0, 0.1) is 0 Å². The van der Waals surface area contributed by atoms with Gasteiger partial charge in [0.05, 0.1) is 21.3 Å². The van der Waals surface area contributed by atoms with Crippen molar-refractivity contribution in [3.8, 4) is 11.5 Å². The first-order valence-electron chi connectivity index (χ1n) is 9.60. The summed E-state index contributed by atoms with van der Waals surface area (Å²) >= 11 is 0. The lowest BCUT2D eigenvalue weighted by molar-refractivity contribution is 0.0595. The number of ether oxygens (including phenoxy) is 3. The highest BCUT2D eigenvalue weighted by Crippen LogP contribution is 2.45. The van der Waals surface area contributed by atoms with E-state index in [2.05, 4.69) is 19.9 Å². The number of allylic oxidation sites excluding steroid dienone is 2. The van der Waals surface area contributed by atoms with Crippen molar-refractivity contribution in [2.45, 2.75) is 64.7 Å². The van der Waals surface area contributed by atoms with E-state index in [-0.39, 0.29) is 11.9 Å².